The highest BCUT2D eigenvalue weighted by molar-refractivity contribution is 5.87. The van der Waals surface area contributed by atoms with Crippen LogP contribution < -0.4 is 20.5 Å². The molecule has 8 nitrogen and oxygen atoms in total. The summed E-state index contributed by atoms with van der Waals surface area (Å²) in [4.78, 5) is 12.0. The molecule has 3 rings (SSSR count). The summed E-state index contributed by atoms with van der Waals surface area (Å²) >= 11 is 0. The first-order valence-electron chi connectivity index (χ1n) is 8.74. The molecular weight excluding hydrogens is 336 g/mol. The van der Waals surface area contributed by atoms with Crippen molar-refractivity contribution in [3.8, 4) is 11.5 Å². The third kappa shape index (κ3) is 4.01. The molecule has 2 atom stereocenters. The van der Waals surface area contributed by atoms with Crippen LogP contribution in [0.15, 0.2) is 18.3 Å². The van der Waals surface area contributed by atoms with E-state index in [-0.39, 0.29) is 12.1 Å². The number of fused-ring (bicyclic) bond motifs is 3. The Kier molecular flexibility index (Phi) is 4.95. The van der Waals surface area contributed by atoms with Crippen LogP contribution in [0.5, 0.6) is 11.5 Å². The smallest absolute Gasteiger partial charge is 0.407 e. The first kappa shape index (κ1) is 18.3. The maximum atomic E-state index is 12.0. The number of carbonyl (C=O) groups is 1. The van der Waals surface area contributed by atoms with Gasteiger partial charge in [-0.25, -0.2) is 4.79 Å². The average molecular weight is 362 g/mol. The summed E-state index contributed by atoms with van der Waals surface area (Å²) in [5.74, 6) is 1.32. The number of nitrogens with two attached hydrogens (primary N) is 1. The van der Waals surface area contributed by atoms with E-state index in [4.69, 9.17) is 19.9 Å². The molecule has 0 spiro atoms. The number of hydrogen-bond donors (Lipinski definition) is 2. The van der Waals surface area contributed by atoms with Crippen molar-refractivity contribution in [2.24, 2.45) is 5.73 Å². The van der Waals surface area contributed by atoms with Gasteiger partial charge in [-0.05, 0) is 39.8 Å². The van der Waals surface area contributed by atoms with Gasteiger partial charge < -0.3 is 25.3 Å². The van der Waals surface area contributed by atoms with Crippen LogP contribution in [-0.2, 0) is 11.3 Å². The van der Waals surface area contributed by atoms with Crippen LogP contribution in [0.25, 0.3) is 10.9 Å². The highest BCUT2D eigenvalue weighted by Crippen LogP contribution is 2.38. The van der Waals surface area contributed by atoms with E-state index in [1.807, 2.05) is 39.8 Å². The van der Waals surface area contributed by atoms with E-state index in [1.165, 1.54) is 0 Å². The summed E-state index contributed by atoms with van der Waals surface area (Å²) in [6.07, 6.45) is 1.13. The fourth-order valence-electron chi connectivity index (χ4n) is 2.81. The predicted octanol–water partition coefficient (Wildman–Crippen LogP) is 2.05. The maximum absolute atomic E-state index is 12.0. The van der Waals surface area contributed by atoms with Crippen LogP contribution in [0, 0.1) is 0 Å². The maximum Gasteiger partial charge on any atom is 0.407 e. The molecule has 2 aromatic rings. The molecule has 0 bridgehead atoms. The molecular formula is C18H26N4O4. The Morgan fingerprint density at radius 1 is 1.50 bits per heavy atom. The van der Waals surface area contributed by atoms with Crippen LogP contribution in [-0.4, -0.2) is 46.8 Å². The second-order valence-corrected chi connectivity index (χ2v) is 7.49. The molecule has 1 unspecified atom stereocenters. The molecule has 1 aromatic carbocycles. The molecule has 1 amide bonds. The Bertz CT molecular complexity index is 796. The fraction of sp³-hybridized carbons (Fsp3) is 0.556. The Hall–Kier alpha value is -2.48. The SMILES string of the molecule is C[C@@H](Cn1ncc2ccc3c(c21)OC(CN)CO3)NC(=O)OC(C)(C)C. The highest BCUT2D eigenvalue weighted by atomic mass is 16.6. The van der Waals surface area contributed by atoms with Crippen molar-refractivity contribution in [3.63, 3.8) is 0 Å². The van der Waals surface area contributed by atoms with Crippen molar-refractivity contribution < 1.29 is 19.0 Å². The molecule has 26 heavy (non-hydrogen) atoms. The third-order valence-electron chi connectivity index (χ3n) is 3.90. The van der Waals surface area contributed by atoms with Gasteiger partial charge in [-0.1, -0.05) is 0 Å². The number of ether oxygens (including phenoxy) is 3. The van der Waals surface area contributed by atoms with Crippen LogP contribution in [0.3, 0.4) is 0 Å². The van der Waals surface area contributed by atoms with Crippen molar-refractivity contribution in [2.45, 2.75) is 52.0 Å². The minimum absolute atomic E-state index is 0.182. The van der Waals surface area contributed by atoms with Crippen molar-refractivity contribution >= 4 is 17.0 Å². The third-order valence-corrected chi connectivity index (χ3v) is 3.90. The number of nitrogens with zero attached hydrogens (tertiary/aromatic N) is 2. The number of rotatable bonds is 4. The molecule has 0 fully saturated rings. The van der Waals surface area contributed by atoms with Gasteiger partial charge in [0.25, 0.3) is 0 Å². The zero-order valence-electron chi connectivity index (χ0n) is 15.6. The lowest BCUT2D eigenvalue weighted by Crippen LogP contribution is -2.40. The summed E-state index contributed by atoms with van der Waals surface area (Å²) in [5, 5.41) is 8.20. The molecule has 2 heterocycles. The molecule has 3 N–H and O–H groups in total. The first-order chi connectivity index (χ1) is 12.3. The predicted molar refractivity (Wildman–Crippen MR) is 97.5 cm³/mol. The van der Waals surface area contributed by atoms with Gasteiger partial charge in [-0.2, -0.15) is 5.10 Å². The standard InChI is InChI=1S/C18H26N4O4/c1-11(21-17(23)26-18(2,3)4)9-22-15-12(8-20-22)5-6-14-16(15)25-13(7-19)10-24-14/h5-6,8,11,13H,7,9-10,19H2,1-4H3,(H,21,23)/t11-,13?/m0/s1. The number of nitrogens with one attached hydrogen (secondary N) is 1. The summed E-state index contributed by atoms with van der Waals surface area (Å²) in [6, 6.07) is 3.63. The fourth-order valence-corrected chi connectivity index (χ4v) is 2.81. The molecule has 1 aliphatic heterocycles. The van der Waals surface area contributed by atoms with Gasteiger partial charge in [0.1, 0.15) is 23.8 Å². The zero-order valence-corrected chi connectivity index (χ0v) is 15.6. The summed E-state index contributed by atoms with van der Waals surface area (Å²) in [6.45, 7) is 8.66. The number of carbonyl (C=O) groups excluding carboxylic acids is 1. The van der Waals surface area contributed by atoms with E-state index in [0.717, 1.165) is 10.9 Å². The van der Waals surface area contributed by atoms with Crippen molar-refractivity contribution in [3.05, 3.63) is 18.3 Å². The van der Waals surface area contributed by atoms with Gasteiger partial charge >= 0.3 is 6.09 Å². The quantitative estimate of drug-likeness (QED) is 0.863. The van der Waals surface area contributed by atoms with E-state index in [1.54, 1.807) is 10.9 Å². The monoisotopic (exact) mass is 362 g/mol. The first-order valence-corrected chi connectivity index (χ1v) is 8.74. The molecule has 1 aliphatic rings. The number of aromatic nitrogens is 2. The number of benzene rings is 1. The van der Waals surface area contributed by atoms with Gasteiger partial charge in [-0.3, -0.25) is 4.68 Å². The van der Waals surface area contributed by atoms with Gasteiger partial charge in [-0.15, -0.1) is 0 Å². The van der Waals surface area contributed by atoms with Gasteiger partial charge in [0.2, 0.25) is 0 Å². The Balaban J connectivity index is 1.79. The minimum Gasteiger partial charge on any atom is -0.486 e. The highest BCUT2D eigenvalue weighted by Gasteiger charge is 2.25. The van der Waals surface area contributed by atoms with E-state index < -0.39 is 11.7 Å². The zero-order chi connectivity index (χ0) is 18.9. The summed E-state index contributed by atoms with van der Waals surface area (Å²) < 4.78 is 18.8. The lowest BCUT2D eigenvalue weighted by molar-refractivity contribution is 0.0503. The van der Waals surface area contributed by atoms with Gasteiger partial charge in [0, 0.05) is 18.0 Å². The molecule has 0 saturated carbocycles. The Morgan fingerprint density at radius 3 is 2.96 bits per heavy atom. The summed E-state index contributed by atoms with van der Waals surface area (Å²) in [5.41, 5.74) is 6.01. The van der Waals surface area contributed by atoms with Crippen molar-refractivity contribution in [1.82, 2.24) is 15.1 Å². The molecule has 0 radical (unpaired) electrons. The Morgan fingerprint density at radius 2 is 2.27 bits per heavy atom. The molecule has 8 heteroatoms. The number of amides is 1. The van der Waals surface area contributed by atoms with Gasteiger partial charge in [0.15, 0.2) is 11.5 Å². The Labute approximate surface area is 152 Å². The van der Waals surface area contributed by atoms with Crippen LogP contribution >= 0.6 is 0 Å². The topological polar surface area (TPSA) is 101 Å². The summed E-state index contributed by atoms with van der Waals surface area (Å²) in [7, 11) is 0. The van der Waals surface area contributed by atoms with E-state index in [0.29, 0.717) is 31.2 Å². The second-order valence-electron chi connectivity index (χ2n) is 7.49. The van der Waals surface area contributed by atoms with Gasteiger partial charge in [0.05, 0.1) is 12.7 Å². The van der Waals surface area contributed by atoms with E-state index >= 15 is 0 Å². The van der Waals surface area contributed by atoms with E-state index in [9.17, 15) is 4.79 Å². The van der Waals surface area contributed by atoms with Crippen molar-refractivity contribution in [1.29, 1.82) is 0 Å². The van der Waals surface area contributed by atoms with Crippen LogP contribution in [0.2, 0.25) is 0 Å². The lowest BCUT2D eigenvalue weighted by Gasteiger charge is -2.26. The lowest BCUT2D eigenvalue weighted by atomic mass is 10.2. The molecule has 0 saturated heterocycles. The number of hydrogen-bond acceptors (Lipinski definition) is 6. The molecule has 142 valence electrons. The largest absolute Gasteiger partial charge is 0.486 e. The second kappa shape index (κ2) is 7.03. The normalized spacial score (nSPS) is 17.8. The van der Waals surface area contributed by atoms with E-state index in [2.05, 4.69) is 10.4 Å². The number of alkyl carbamates (subject to hydrolysis) is 1. The van der Waals surface area contributed by atoms with Crippen molar-refractivity contribution in [2.75, 3.05) is 13.2 Å². The van der Waals surface area contributed by atoms with Crippen LogP contribution in [0.1, 0.15) is 27.7 Å². The minimum atomic E-state index is -0.538. The van der Waals surface area contributed by atoms with Crippen LogP contribution in [0.4, 0.5) is 4.79 Å². The average Bonchev–Trinajstić information content (AvgIpc) is 2.95. The molecule has 0 aliphatic carbocycles. The molecule has 1 aromatic heterocycles.